The van der Waals surface area contributed by atoms with Gasteiger partial charge in [-0.05, 0) is 25.1 Å². The van der Waals surface area contributed by atoms with Gasteiger partial charge in [0.2, 0.25) is 11.3 Å². The number of aryl methyl sites for hydroxylation is 1. The Hall–Kier alpha value is -2.43. The quantitative estimate of drug-likeness (QED) is 0.706. The minimum Gasteiger partial charge on any atom is -0.358 e. The summed E-state index contributed by atoms with van der Waals surface area (Å²) in [4.78, 5) is 38.4. The normalized spacial score (nSPS) is 17.4. The average molecular weight is 242 g/mol. The van der Waals surface area contributed by atoms with Crippen LogP contribution in [0.1, 0.15) is 32.8 Å². The standard InChI is InChI=1S/C13H10N2O3/c1-6-5-8(16)15-11-9(6)12(17)7-3-2-4-14-10(7)13(11)18/h2,4-5,14H,3H2,1H3,(H,15,16). The number of pyridine rings is 1. The third kappa shape index (κ3) is 1.30. The Bertz CT molecular complexity index is 707. The molecule has 0 bridgehead atoms. The van der Waals surface area contributed by atoms with Gasteiger partial charge in [-0.3, -0.25) is 14.4 Å². The molecule has 0 unspecified atom stereocenters. The van der Waals surface area contributed by atoms with Gasteiger partial charge in [-0.25, -0.2) is 0 Å². The van der Waals surface area contributed by atoms with Gasteiger partial charge in [-0.1, -0.05) is 6.08 Å². The Kier molecular flexibility index (Phi) is 2.10. The fourth-order valence-electron chi connectivity index (χ4n) is 2.34. The number of carbonyl (C=O) groups is 2. The van der Waals surface area contributed by atoms with E-state index in [-0.39, 0.29) is 28.5 Å². The molecule has 0 saturated carbocycles. The first-order valence-electron chi connectivity index (χ1n) is 5.57. The average Bonchev–Trinajstić information content (AvgIpc) is 2.35. The van der Waals surface area contributed by atoms with Gasteiger partial charge in [0.1, 0.15) is 5.69 Å². The van der Waals surface area contributed by atoms with Crippen molar-refractivity contribution in [3.05, 3.63) is 56.8 Å². The highest BCUT2D eigenvalue weighted by molar-refractivity contribution is 6.26. The summed E-state index contributed by atoms with van der Waals surface area (Å²) in [5, 5.41) is 2.79. The summed E-state index contributed by atoms with van der Waals surface area (Å²) in [6.45, 7) is 1.66. The van der Waals surface area contributed by atoms with E-state index in [0.717, 1.165) is 0 Å². The Labute approximate surface area is 102 Å². The van der Waals surface area contributed by atoms with E-state index < -0.39 is 0 Å². The summed E-state index contributed by atoms with van der Waals surface area (Å²) in [6, 6.07) is 1.33. The number of hydrogen-bond donors (Lipinski definition) is 2. The maximum atomic E-state index is 12.3. The lowest BCUT2D eigenvalue weighted by Crippen LogP contribution is -2.33. The highest BCUT2D eigenvalue weighted by Gasteiger charge is 2.34. The van der Waals surface area contributed by atoms with Crippen LogP contribution in [-0.4, -0.2) is 16.6 Å². The van der Waals surface area contributed by atoms with E-state index in [4.69, 9.17) is 0 Å². The van der Waals surface area contributed by atoms with E-state index in [2.05, 4.69) is 10.3 Å². The smallest absolute Gasteiger partial charge is 0.248 e. The van der Waals surface area contributed by atoms with Crippen LogP contribution in [0.3, 0.4) is 0 Å². The number of allylic oxidation sites excluding steroid dienone is 3. The van der Waals surface area contributed by atoms with Crippen LogP contribution in [0.15, 0.2) is 34.4 Å². The number of hydrogen-bond acceptors (Lipinski definition) is 4. The van der Waals surface area contributed by atoms with Crippen molar-refractivity contribution in [2.24, 2.45) is 0 Å². The first-order chi connectivity index (χ1) is 8.59. The molecule has 0 saturated heterocycles. The topological polar surface area (TPSA) is 79.0 Å². The molecular formula is C13H10N2O3. The highest BCUT2D eigenvalue weighted by Crippen LogP contribution is 2.28. The molecule has 1 aliphatic carbocycles. The molecule has 0 amide bonds. The lowest BCUT2D eigenvalue weighted by molar-refractivity contribution is 0.0963. The molecule has 3 rings (SSSR count). The SMILES string of the molecule is Cc1cc(=O)[nH]c2c1C(=O)C1=C(NC=CC1)C2=O. The van der Waals surface area contributed by atoms with E-state index in [1.807, 2.05) is 0 Å². The third-order valence-electron chi connectivity index (χ3n) is 3.16. The Morgan fingerprint density at radius 1 is 1.17 bits per heavy atom. The molecule has 0 radical (unpaired) electrons. The molecule has 5 nitrogen and oxygen atoms in total. The Morgan fingerprint density at radius 2 is 1.94 bits per heavy atom. The van der Waals surface area contributed by atoms with E-state index in [0.29, 0.717) is 23.1 Å². The molecule has 2 aliphatic rings. The van der Waals surface area contributed by atoms with Crippen molar-refractivity contribution in [1.82, 2.24) is 10.3 Å². The molecule has 0 spiro atoms. The predicted molar refractivity (Wildman–Crippen MR) is 64.4 cm³/mol. The zero-order chi connectivity index (χ0) is 12.9. The molecule has 0 fully saturated rings. The largest absolute Gasteiger partial charge is 0.358 e. The number of dihydropyridines is 1. The lowest BCUT2D eigenvalue weighted by Gasteiger charge is -2.23. The van der Waals surface area contributed by atoms with Crippen molar-refractivity contribution in [3.63, 3.8) is 0 Å². The van der Waals surface area contributed by atoms with Crippen LogP contribution in [0.2, 0.25) is 0 Å². The number of carbonyl (C=O) groups excluding carboxylic acids is 2. The van der Waals surface area contributed by atoms with Crippen LogP contribution in [0.5, 0.6) is 0 Å². The fraction of sp³-hybridized carbons (Fsp3) is 0.154. The van der Waals surface area contributed by atoms with Gasteiger partial charge in [-0.2, -0.15) is 0 Å². The van der Waals surface area contributed by atoms with Gasteiger partial charge < -0.3 is 10.3 Å². The van der Waals surface area contributed by atoms with Crippen LogP contribution in [0.25, 0.3) is 0 Å². The molecule has 18 heavy (non-hydrogen) atoms. The first kappa shape index (κ1) is 10.7. The molecule has 90 valence electrons. The monoisotopic (exact) mass is 242 g/mol. The van der Waals surface area contributed by atoms with Gasteiger partial charge in [-0.15, -0.1) is 0 Å². The molecule has 2 heterocycles. The van der Waals surface area contributed by atoms with E-state index in [9.17, 15) is 14.4 Å². The van der Waals surface area contributed by atoms with Gasteiger partial charge in [0.25, 0.3) is 0 Å². The van der Waals surface area contributed by atoms with E-state index in [1.54, 1.807) is 19.2 Å². The maximum absolute atomic E-state index is 12.3. The minimum absolute atomic E-state index is 0.0894. The molecule has 2 N–H and O–H groups in total. The van der Waals surface area contributed by atoms with Gasteiger partial charge in [0, 0.05) is 11.6 Å². The number of fused-ring (bicyclic) bond motifs is 1. The van der Waals surface area contributed by atoms with Gasteiger partial charge in [0.15, 0.2) is 5.78 Å². The Morgan fingerprint density at radius 3 is 2.72 bits per heavy atom. The lowest BCUT2D eigenvalue weighted by atomic mass is 9.85. The first-order valence-corrected chi connectivity index (χ1v) is 5.57. The third-order valence-corrected chi connectivity index (χ3v) is 3.16. The summed E-state index contributed by atoms with van der Waals surface area (Å²) in [5.41, 5.74) is 1.31. The van der Waals surface area contributed by atoms with Crippen LogP contribution in [0, 0.1) is 6.92 Å². The number of nitrogens with one attached hydrogen (secondary N) is 2. The van der Waals surface area contributed by atoms with E-state index in [1.165, 1.54) is 6.07 Å². The molecule has 1 aromatic heterocycles. The van der Waals surface area contributed by atoms with Crippen molar-refractivity contribution in [1.29, 1.82) is 0 Å². The summed E-state index contributed by atoms with van der Waals surface area (Å²) in [6.07, 6.45) is 3.85. The number of rotatable bonds is 0. The van der Waals surface area contributed by atoms with Crippen molar-refractivity contribution in [2.75, 3.05) is 0 Å². The van der Waals surface area contributed by atoms with Crippen molar-refractivity contribution in [2.45, 2.75) is 13.3 Å². The molecule has 5 heteroatoms. The molecule has 1 aliphatic heterocycles. The second kappa shape index (κ2) is 3.53. The minimum atomic E-state index is -0.372. The van der Waals surface area contributed by atoms with Gasteiger partial charge in [0.05, 0.1) is 11.3 Å². The van der Waals surface area contributed by atoms with Crippen LogP contribution in [0.4, 0.5) is 0 Å². The van der Waals surface area contributed by atoms with Crippen LogP contribution in [-0.2, 0) is 0 Å². The maximum Gasteiger partial charge on any atom is 0.248 e. The van der Waals surface area contributed by atoms with Gasteiger partial charge >= 0.3 is 0 Å². The molecule has 0 aromatic carbocycles. The second-order valence-electron chi connectivity index (χ2n) is 4.33. The van der Waals surface area contributed by atoms with Crippen molar-refractivity contribution in [3.8, 4) is 0 Å². The van der Waals surface area contributed by atoms with Crippen molar-refractivity contribution < 1.29 is 9.59 Å². The number of Topliss-reactive ketones (excluding diaryl/α,β-unsaturated/α-hetero) is 2. The predicted octanol–water partition coefficient (Wildman–Crippen LogP) is 0.823. The summed E-state index contributed by atoms with van der Waals surface area (Å²) in [7, 11) is 0. The molecule has 0 atom stereocenters. The molecular weight excluding hydrogens is 232 g/mol. The summed E-state index contributed by atoms with van der Waals surface area (Å²) in [5.74, 6) is -0.519. The zero-order valence-corrected chi connectivity index (χ0v) is 9.66. The van der Waals surface area contributed by atoms with Crippen LogP contribution >= 0.6 is 0 Å². The highest BCUT2D eigenvalue weighted by atomic mass is 16.1. The second-order valence-corrected chi connectivity index (χ2v) is 4.33. The number of H-pyrrole nitrogens is 1. The summed E-state index contributed by atoms with van der Waals surface area (Å²) < 4.78 is 0. The number of aromatic nitrogens is 1. The number of aromatic amines is 1. The number of ketones is 2. The van der Waals surface area contributed by atoms with Crippen LogP contribution < -0.4 is 10.9 Å². The van der Waals surface area contributed by atoms with E-state index >= 15 is 0 Å². The fourth-order valence-corrected chi connectivity index (χ4v) is 2.34. The van der Waals surface area contributed by atoms with Crippen molar-refractivity contribution >= 4 is 11.6 Å². The summed E-state index contributed by atoms with van der Waals surface area (Å²) >= 11 is 0. The Balaban J connectivity index is 2.30. The zero-order valence-electron chi connectivity index (χ0n) is 9.66. The molecule has 1 aromatic rings.